The van der Waals surface area contributed by atoms with Gasteiger partial charge in [0.15, 0.2) is 0 Å². The summed E-state index contributed by atoms with van der Waals surface area (Å²) in [5, 5.41) is 21.0. The number of aliphatic hydroxyl groups is 2. The molecule has 1 fully saturated rings. The van der Waals surface area contributed by atoms with Gasteiger partial charge in [0.2, 0.25) is 0 Å². The van der Waals surface area contributed by atoms with E-state index in [1.54, 1.807) is 0 Å². The molecule has 3 nitrogen and oxygen atoms in total. The van der Waals surface area contributed by atoms with Crippen LogP contribution in [0.25, 0.3) is 0 Å². The van der Waals surface area contributed by atoms with Crippen molar-refractivity contribution in [3.8, 4) is 0 Å². The Morgan fingerprint density at radius 2 is 1.44 bits per heavy atom. The van der Waals surface area contributed by atoms with Crippen molar-refractivity contribution in [1.29, 1.82) is 0 Å². The molecule has 0 aliphatic carbocycles. The van der Waals surface area contributed by atoms with Crippen LogP contribution in [0.3, 0.4) is 0 Å². The third-order valence-corrected chi connectivity index (χ3v) is 1.59. The minimum atomic E-state index is -0.262. The van der Waals surface area contributed by atoms with Crippen LogP contribution in [0.4, 0.5) is 0 Å². The van der Waals surface area contributed by atoms with Crippen LogP contribution >= 0.6 is 0 Å². The minimum absolute atomic E-state index is 0.262. The molecule has 2 atom stereocenters. The second kappa shape index (κ2) is 3.15. The Balaban J connectivity index is 2.25. The summed E-state index contributed by atoms with van der Waals surface area (Å²) in [7, 11) is 0. The lowest BCUT2D eigenvalue weighted by atomic mass is 10.1. The van der Waals surface area contributed by atoms with E-state index in [1.165, 1.54) is 0 Å². The predicted molar refractivity (Wildman–Crippen MR) is 34.1 cm³/mol. The summed E-state index contributed by atoms with van der Waals surface area (Å²) in [6.45, 7) is 1.24. The van der Waals surface area contributed by atoms with Gasteiger partial charge in [0.25, 0.3) is 0 Å². The summed E-state index contributed by atoms with van der Waals surface area (Å²) in [4.78, 5) is 0. The Morgan fingerprint density at radius 1 is 1.00 bits per heavy atom. The molecule has 9 heavy (non-hydrogen) atoms. The Bertz CT molecular complexity index is 77.1. The summed E-state index contributed by atoms with van der Waals surface area (Å²) < 4.78 is 0. The van der Waals surface area contributed by atoms with E-state index in [-0.39, 0.29) is 12.2 Å². The standard InChI is InChI=1S/C6H13NO2/c8-5-1-2-6(9)4-7-3-5/h5-9H,1-4H2/t5-,6?/m1/s1. The van der Waals surface area contributed by atoms with Crippen molar-refractivity contribution in [2.24, 2.45) is 0 Å². The number of hydrogen-bond acceptors (Lipinski definition) is 3. The van der Waals surface area contributed by atoms with Gasteiger partial charge >= 0.3 is 0 Å². The molecule has 1 unspecified atom stereocenters. The quantitative estimate of drug-likeness (QED) is 0.399. The lowest BCUT2D eigenvalue weighted by molar-refractivity contribution is 0.144. The van der Waals surface area contributed by atoms with Crippen molar-refractivity contribution >= 4 is 0 Å². The Hall–Kier alpha value is -0.120. The Labute approximate surface area is 54.7 Å². The largest absolute Gasteiger partial charge is 0.392 e. The lowest BCUT2D eigenvalue weighted by Gasteiger charge is -2.03. The SMILES string of the molecule is OC1CC[C@@H](O)CNC1. The van der Waals surface area contributed by atoms with Crippen molar-refractivity contribution in [1.82, 2.24) is 5.32 Å². The van der Waals surface area contributed by atoms with Gasteiger partial charge in [-0.25, -0.2) is 0 Å². The van der Waals surface area contributed by atoms with E-state index in [4.69, 9.17) is 10.2 Å². The van der Waals surface area contributed by atoms with E-state index in [0.29, 0.717) is 25.9 Å². The molecular weight excluding hydrogens is 118 g/mol. The number of rotatable bonds is 0. The molecule has 1 saturated heterocycles. The minimum Gasteiger partial charge on any atom is -0.392 e. The second-order valence-electron chi connectivity index (χ2n) is 2.54. The maximum Gasteiger partial charge on any atom is 0.0665 e. The number of hydrogen-bond donors (Lipinski definition) is 3. The van der Waals surface area contributed by atoms with E-state index in [0.717, 1.165) is 0 Å². The highest BCUT2D eigenvalue weighted by Gasteiger charge is 2.13. The first-order valence-electron chi connectivity index (χ1n) is 3.36. The third-order valence-electron chi connectivity index (χ3n) is 1.59. The molecule has 3 N–H and O–H groups in total. The monoisotopic (exact) mass is 131 g/mol. The maximum absolute atomic E-state index is 9.03. The van der Waals surface area contributed by atoms with Crippen LogP contribution < -0.4 is 5.32 Å². The maximum atomic E-state index is 9.03. The fourth-order valence-corrected chi connectivity index (χ4v) is 1.01. The molecule has 0 spiro atoms. The molecule has 1 aliphatic heterocycles. The fraction of sp³-hybridized carbons (Fsp3) is 1.00. The molecule has 1 aliphatic rings. The summed E-state index contributed by atoms with van der Waals surface area (Å²) in [5.41, 5.74) is 0. The van der Waals surface area contributed by atoms with Gasteiger partial charge < -0.3 is 15.5 Å². The van der Waals surface area contributed by atoms with Gasteiger partial charge in [-0.2, -0.15) is 0 Å². The molecule has 0 aromatic heterocycles. The highest BCUT2D eigenvalue weighted by atomic mass is 16.3. The number of β-amino-alcohol motifs (C(OH)–C–C–N with tert-alkyl or cyclic N) is 2. The fourth-order valence-electron chi connectivity index (χ4n) is 1.01. The topological polar surface area (TPSA) is 52.5 Å². The third kappa shape index (κ3) is 2.30. The predicted octanol–water partition coefficient (Wildman–Crippen LogP) is -0.908. The Kier molecular flexibility index (Phi) is 2.45. The molecule has 3 heteroatoms. The van der Waals surface area contributed by atoms with Crippen LogP contribution in [0.1, 0.15) is 12.8 Å². The zero-order valence-corrected chi connectivity index (χ0v) is 5.38. The molecule has 0 aromatic rings. The van der Waals surface area contributed by atoms with Crippen LogP contribution in [0.5, 0.6) is 0 Å². The highest BCUT2D eigenvalue weighted by molar-refractivity contribution is 4.70. The molecule has 0 radical (unpaired) electrons. The van der Waals surface area contributed by atoms with Crippen molar-refractivity contribution in [2.75, 3.05) is 13.1 Å². The summed E-state index contributed by atoms with van der Waals surface area (Å²) in [5.74, 6) is 0. The van der Waals surface area contributed by atoms with Gasteiger partial charge in [-0.1, -0.05) is 0 Å². The molecule has 0 aromatic carbocycles. The normalized spacial score (nSPS) is 38.0. The molecular formula is C6H13NO2. The van der Waals surface area contributed by atoms with Crippen LogP contribution in [-0.2, 0) is 0 Å². The Morgan fingerprint density at radius 3 is 1.89 bits per heavy atom. The van der Waals surface area contributed by atoms with E-state index in [2.05, 4.69) is 5.32 Å². The number of aliphatic hydroxyl groups excluding tert-OH is 2. The summed E-state index contributed by atoms with van der Waals surface area (Å²) in [6.07, 6.45) is 0.909. The van der Waals surface area contributed by atoms with Gasteiger partial charge in [0, 0.05) is 13.1 Å². The van der Waals surface area contributed by atoms with Gasteiger partial charge in [-0.3, -0.25) is 0 Å². The lowest BCUT2D eigenvalue weighted by Crippen LogP contribution is -2.27. The average molecular weight is 131 g/mol. The molecule has 1 heterocycles. The second-order valence-corrected chi connectivity index (χ2v) is 2.54. The van der Waals surface area contributed by atoms with E-state index in [9.17, 15) is 0 Å². The van der Waals surface area contributed by atoms with Crippen molar-refractivity contribution in [3.05, 3.63) is 0 Å². The van der Waals surface area contributed by atoms with Crippen molar-refractivity contribution in [2.45, 2.75) is 25.0 Å². The molecule has 0 amide bonds. The zero-order valence-electron chi connectivity index (χ0n) is 5.38. The zero-order chi connectivity index (χ0) is 6.69. The van der Waals surface area contributed by atoms with Crippen LogP contribution in [0.2, 0.25) is 0 Å². The number of nitrogens with one attached hydrogen (secondary N) is 1. The molecule has 54 valence electrons. The van der Waals surface area contributed by atoms with E-state index < -0.39 is 0 Å². The molecule has 1 rings (SSSR count). The van der Waals surface area contributed by atoms with Crippen LogP contribution in [0.15, 0.2) is 0 Å². The first-order valence-corrected chi connectivity index (χ1v) is 3.36. The highest BCUT2D eigenvalue weighted by Crippen LogP contribution is 2.03. The molecule has 0 saturated carbocycles. The molecule has 0 bridgehead atoms. The van der Waals surface area contributed by atoms with Crippen molar-refractivity contribution in [3.63, 3.8) is 0 Å². The average Bonchev–Trinajstić information content (AvgIpc) is 1.97. The first kappa shape index (κ1) is 6.99. The first-order chi connectivity index (χ1) is 4.29. The smallest absolute Gasteiger partial charge is 0.0665 e. The van der Waals surface area contributed by atoms with Crippen LogP contribution in [0, 0.1) is 0 Å². The van der Waals surface area contributed by atoms with Gasteiger partial charge in [0.1, 0.15) is 0 Å². The van der Waals surface area contributed by atoms with E-state index >= 15 is 0 Å². The summed E-state index contributed by atoms with van der Waals surface area (Å²) in [6, 6.07) is 0. The van der Waals surface area contributed by atoms with Gasteiger partial charge in [-0.05, 0) is 12.8 Å². The summed E-state index contributed by atoms with van der Waals surface area (Å²) >= 11 is 0. The van der Waals surface area contributed by atoms with Crippen molar-refractivity contribution < 1.29 is 10.2 Å². The van der Waals surface area contributed by atoms with Gasteiger partial charge in [0.05, 0.1) is 12.2 Å². The van der Waals surface area contributed by atoms with E-state index in [1.807, 2.05) is 0 Å². The van der Waals surface area contributed by atoms with Gasteiger partial charge in [-0.15, -0.1) is 0 Å². The van der Waals surface area contributed by atoms with Crippen LogP contribution in [-0.4, -0.2) is 35.5 Å².